The first kappa shape index (κ1) is 29.4. The highest BCUT2D eigenvalue weighted by Crippen LogP contribution is 2.05. The molecule has 2 heterocycles. The summed E-state index contributed by atoms with van der Waals surface area (Å²) in [5.41, 5.74) is 11.7. The first-order valence-electron chi connectivity index (χ1n) is 11.3. The molecule has 0 fully saturated rings. The number of amides is 4. The molecule has 0 aromatic carbocycles. The van der Waals surface area contributed by atoms with Gasteiger partial charge in [0.1, 0.15) is 18.1 Å². The number of carboxylic acids is 2. The van der Waals surface area contributed by atoms with E-state index in [-0.39, 0.29) is 19.3 Å². The molecule has 206 valence electrons. The maximum atomic E-state index is 13.1. The number of primary amides is 1. The number of carboxylic acid groups (broad SMARTS) is 2. The quantitative estimate of drug-likeness (QED) is 0.102. The molecule has 11 N–H and O–H groups in total. The highest BCUT2D eigenvalue weighted by atomic mass is 16.4. The van der Waals surface area contributed by atoms with Gasteiger partial charge in [0, 0.05) is 43.0 Å². The van der Waals surface area contributed by atoms with Gasteiger partial charge in [-0.25, -0.2) is 14.8 Å². The zero-order chi connectivity index (χ0) is 28.2. The van der Waals surface area contributed by atoms with Crippen LogP contribution in [0.5, 0.6) is 0 Å². The Morgan fingerprint density at radius 3 is 1.79 bits per heavy atom. The summed E-state index contributed by atoms with van der Waals surface area (Å²) in [5.74, 6) is -6.24. The SMILES string of the molecule is NC(=O)CC(NC(=O)C(N)CCC(=O)O)C(=O)NC(Cc1cnc[nH]1)C(=O)NC(Cc1cnc[nH]1)C(=O)O. The largest absolute Gasteiger partial charge is 0.481 e. The summed E-state index contributed by atoms with van der Waals surface area (Å²) in [6, 6.07) is -5.58. The molecule has 4 amide bonds. The van der Waals surface area contributed by atoms with Crippen LogP contribution in [0.2, 0.25) is 0 Å². The first-order valence-corrected chi connectivity index (χ1v) is 11.3. The summed E-state index contributed by atoms with van der Waals surface area (Å²) < 4.78 is 0. The van der Waals surface area contributed by atoms with Gasteiger partial charge in [-0.15, -0.1) is 0 Å². The number of rotatable bonds is 16. The molecule has 0 aliphatic rings. The molecule has 0 saturated heterocycles. The van der Waals surface area contributed by atoms with Crippen molar-refractivity contribution in [1.82, 2.24) is 35.9 Å². The number of carbonyl (C=O) groups is 6. The fourth-order valence-corrected chi connectivity index (χ4v) is 3.29. The van der Waals surface area contributed by atoms with Crippen molar-refractivity contribution in [3.8, 4) is 0 Å². The molecular weight excluding hydrogens is 506 g/mol. The Balaban J connectivity index is 2.18. The number of hydrogen-bond donors (Lipinski definition) is 9. The minimum absolute atomic E-state index is 0.125. The van der Waals surface area contributed by atoms with E-state index in [1.54, 1.807) is 0 Å². The molecule has 0 bridgehead atoms. The van der Waals surface area contributed by atoms with Crippen molar-refractivity contribution in [2.24, 2.45) is 11.5 Å². The third kappa shape index (κ3) is 9.69. The van der Waals surface area contributed by atoms with Crippen LogP contribution >= 0.6 is 0 Å². The standard InChI is InChI=1S/C21H29N9O8/c22-12(1-2-17(32)33)18(34)28-14(5-16(23)31)20(36)29-13(3-10-6-24-8-26-10)19(35)30-15(21(37)38)4-11-7-25-9-27-11/h6-9,12-15H,1-5,22H2,(H2,23,31)(H,24,26)(H,25,27)(H,28,34)(H,29,36)(H,30,35)(H,32,33)(H,37,38). The van der Waals surface area contributed by atoms with Gasteiger partial charge >= 0.3 is 11.9 Å². The van der Waals surface area contributed by atoms with E-state index < -0.39 is 72.6 Å². The summed E-state index contributed by atoms with van der Waals surface area (Å²) in [6.45, 7) is 0. The monoisotopic (exact) mass is 535 g/mol. The molecule has 4 atom stereocenters. The number of aromatic nitrogens is 4. The summed E-state index contributed by atoms with van der Waals surface area (Å²) in [7, 11) is 0. The number of imidazole rings is 2. The van der Waals surface area contributed by atoms with Gasteiger partial charge in [0.2, 0.25) is 23.6 Å². The lowest BCUT2D eigenvalue weighted by Gasteiger charge is -2.24. The van der Waals surface area contributed by atoms with E-state index in [2.05, 4.69) is 35.9 Å². The number of nitrogens with two attached hydrogens (primary N) is 2. The molecule has 2 aromatic rings. The van der Waals surface area contributed by atoms with Gasteiger partial charge in [0.15, 0.2) is 0 Å². The lowest BCUT2D eigenvalue weighted by Crippen LogP contribution is -2.58. The molecule has 0 aliphatic carbocycles. The number of nitrogens with one attached hydrogen (secondary N) is 5. The highest BCUT2D eigenvalue weighted by Gasteiger charge is 2.31. The Morgan fingerprint density at radius 1 is 0.816 bits per heavy atom. The summed E-state index contributed by atoms with van der Waals surface area (Å²) >= 11 is 0. The fourth-order valence-electron chi connectivity index (χ4n) is 3.29. The van der Waals surface area contributed by atoms with Gasteiger partial charge in [0.25, 0.3) is 0 Å². The number of H-pyrrole nitrogens is 2. The van der Waals surface area contributed by atoms with Gasteiger partial charge < -0.3 is 47.6 Å². The van der Waals surface area contributed by atoms with Gasteiger partial charge in [-0.3, -0.25) is 24.0 Å². The van der Waals surface area contributed by atoms with E-state index in [1.165, 1.54) is 25.0 Å². The van der Waals surface area contributed by atoms with E-state index in [1.807, 2.05) is 0 Å². The Hall–Kier alpha value is -4.80. The van der Waals surface area contributed by atoms with Crippen LogP contribution in [0.4, 0.5) is 0 Å². The average molecular weight is 536 g/mol. The molecule has 38 heavy (non-hydrogen) atoms. The van der Waals surface area contributed by atoms with Crippen LogP contribution in [-0.4, -0.2) is 89.9 Å². The molecule has 17 heteroatoms. The van der Waals surface area contributed by atoms with Gasteiger partial charge in [-0.05, 0) is 6.42 Å². The predicted octanol–water partition coefficient (Wildman–Crippen LogP) is -3.48. The maximum absolute atomic E-state index is 13.1. The summed E-state index contributed by atoms with van der Waals surface area (Å²) in [5, 5.41) is 25.3. The molecule has 4 unspecified atom stereocenters. The van der Waals surface area contributed by atoms with Crippen molar-refractivity contribution in [1.29, 1.82) is 0 Å². The van der Waals surface area contributed by atoms with Crippen LogP contribution in [-0.2, 0) is 41.6 Å². The normalized spacial score (nSPS) is 13.9. The summed E-state index contributed by atoms with van der Waals surface area (Å²) in [4.78, 5) is 85.6. The number of aromatic amines is 2. The van der Waals surface area contributed by atoms with Crippen molar-refractivity contribution in [3.05, 3.63) is 36.4 Å². The van der Waals surface area contributed by atoms with E-state index in [0.29, 0.717) is 11.4 Å². The van der Waals surface area contributed by atoms with E-state index in [9.17, 15) is 33.9 Å². The number of carbonyl (C=O) groups excluding carboxylic acids is 4. The van der Waals surface area contributed by atoms with Crippen molar-refractivity contribution >= 4 is 35.6 Å². The second-order valence-electron chi connectivity index (χ2n) is 8.29. The van der Waals surface area contributed by atoms with Crippen LogP contribution < -0.4 is 27.4 Å². The molecule has 0 radical (unpaired) electrons. The Labute approximate surface area is 215 Å². The smallest absolute Gasteiger partial charge is 0.326 e. The third-order valence-corrected chi connectivity index (χ3v) is 5.25. The fraction of sp³-hybridized carbons (Fsp3) is 0.429. The topological polar surface area (TPSA) is 288 Å². The van der Waals surface area contributed by atoms with Crippen LogP contribution in [0, 0.1) is 0 Å². The zero-order valence-electron chi connectivity index (χ0n) is 20.0. The minimum Gasteiger partial charge on any atom is -0.481 e. The molecular formula is C21H29N9O8. The van der Waals surface area contributed by atoms with Crippen LogP contribution in [0.1, 0.15) is 30.7 Å². The second kappa shape index (κ2) is 14.1. The average Bonchev–Trinajstić information content (AvgIpc) is 3.55. The first-order chi connectivity index (χ1) is 18.0. The van der Waals surface area contributed by atoms with Crippen molar-refractivity contribution in [3.63, 3.8) is 0 Å². The molecule has 2 rings (SSSR count). The Morgan fingerprint density at radius 2 is 1.32 bits per heavy atom. The van der Waals surface area contributed by atoms with E-state index in [0.717, 1.165) is 0 Å². The number of aliphatic carboxylic acids is 2. The van der Waals surface area contributed by atoms with Crippen molar-refractivity contribution < 1.29 is 39.0 Å². The number of hydrogen-bond acceptors (Lipinski definition) is 9. The van der Waals surface area contributed by atoms with Crippen molar-refractivity contribution in [2.75, 3.05) is 0 Å². The van der Waals surface area contributed by atoms with Crippen LogP contribution in [0.3, 0.4) is 0 Å². The van der Waals surface area contributed by atoms with Gasteiger partial charge in [-0.2, -0.15) is 0 Å². The van der Waals surface area contributed by atoms with Gasteiger partial charge in [0.05, 0.1) is 25.1 Å². The maximum Gasteiger partial charge on any atom is 0.326 e. The summed E-state index contributed by atoms with van der Waals surface area (Å²) in [6.07, 6.45) is 3.89. The highest BCUT2D eigenvalue weighted by molar-refractivity contribution is 5.96. The molecule has 17 nitrogen and oxygen atoms in total. The Kier molecular flexibility index (Phi) is 10.9. The van der Waals surface area contributed by atoms with Gasteiger partial charge in [-0.1, -0.05) is 0 Å². The van der Waals surface area contributed by atoms with Crippen LogP contribution in [0.15, 0.2) is 25.0 Å². The minimum atomic E-state index is -1.55. The second-order valence-corrected chi connectivity index (χ2v) is 8.29. The predicted molar refractivity (Wildman–Crippen MR) is 127 cm³/mol. The molecule has 2 aromatic heterocycles. The van der Waals surface area contributed by atoms with E-state index in [4.69, 9.17) is 16.6 Å². The van der Waals surface area contributed by atoms with E-state index >= 15 is 0 Å². The Bertz CT molecular complexity index is 1120. The molecule has 0 spiro atoms. The molecule has 0 aliphatic heterocycles. The third-order valence-electron chi connectivity index (χ3n) is 5.25. The van der Waals surface area contributed by atoms with Crippen molar-refractivity contribution in [2.45, 2.75) is 56.3 Å². The number of nitrogens with zero attached hydrogens (tertiary/aromatic N) is 2. The van der Waals surface area contributed by atoms with Crippen LogP contribution in [0.25, 0.3) is 0 Å². The zero-order valence-corrected chi connectivity index (χ0v) is 20.0. The lowest BCUT2D eigenvalue weighted by molar-refractivity contribution is -0.142. The lowest BCUT2D eigenvalue weighted by atomic mass is 10.1. The molecule has 0 saturated carbocycles.